The molecule has 0 unspecified atom stereocenters. The standard InChI is InChI=1S/C8H15NO3S/c1-12-7-4-5-9(6-7)13(10,11)8-2-3-8/h7-8H,2-6H2,1H3/t7-/m0/s1. The van der Waals surface area contributed by atoms with Gasteiger partial charge in [-0.3, -0.25) is 0 Å². The summed E-state index contributed by atoms with van der Waals surface area (Å²) >= 11 is 0. The van der Waals surface area contributed by atoms with E-state index in [-0.39, 0.29) is 11.4 Å². The monoisotopic (exact) mass is 205 g/mol. The van der Waals surface area contributed by atoms with E-state index in [1.807, 2.05) is 0 Å². The average Bonchev–Trinajstić information content (AvgIpc) is 2.84. The predicted octanol–water partition coefficient (Wildman–Crippen LogP) is 0.199. The molecule has 0 spiro atoms. The zero-order valence-corrected chi connectivity index (χ0v) is 8.59. The average molecular weight is 205 g/mol. The van der Waals surface area contributed by atoms with Crippen LogP contribution < -0.4 is 0 Å². The Labute approximate surface area is 78.9 Å². The largest absolute Gasteiger partial charge is 0.380 e. The molecule has 76 valence electrons. The van der Waals surface area contributed by atoms with Gasteiger partial charge in [0.15, 0.2) is 0 Å². The lowest BCUT2D eigenvalue weighted by Crippen LogP contribution is -2.32. The van der Waals surface area contributed by atoms with E-state index in [1.54, 1.807) is 11.4 Å². The number of nitrogens with zero attached hydrogens (tertiary/aromatic N) is 1. The maximum atomic E-state index is 11.7. The Morgan fingerprint density at radius 3 is 2.46 bits per heavy atom. The van der Waals surface area contributed by atoms with Crippen LogP contribution >= 0.6 is 0 Å². The number of methoxy groups -OCH3 is 1. The van der Waals surface area contributed by atoms with Crippen LogP contribution in [0.5, 0.6) is 0 Å². The van der Waals surface area contributed by atoms with Crippen LogP contribution in [0.4, 0.5) is 0 Å². The summed E-state index contributed by atoms with van der Waals surface area (Å²) in [6, 6.07) is 0. The molecule has 0 radical (unpaired) electrons. The zero-order chi connectivity index (χ0) is 9.47. The number of hydrogen-bond donors (Lipinski definition) is 0. The van der Waals surface area contributed by atoms with Gasteiger partial charge in [0.2, 0.25) is 10.0 Å². The van der Waals surface area contributed by atoms with Crippen LogP contribution in [0.25, 0.3) is 0 Å². The van der Waals surface area contributed by atoms with Gasteiger partial charge in [-0.25, -0.2) is 8.42 Å². The Hall–Kier alpha value is -0.130. The van der Waals surface area contributed by atoms with Gasteiger partial charge in [-0.2, -0.15) is 4.31 Å². The Kier molecular flexibility index (Phi) is 2.33. The summed E-state index contributed by atoms with van der Waals surface area (Å²) in [6.07, 6.45) is 2.63. The van der Waals surface area contributed by atoms with Crippen LogP contribution in [0.2, 0.25) is 0 Å². The minimum absolute atomic E-state index is 0.0805. The van der Waals surface area contributed by atoms with Crippen molar-refractivity contribution in [2.45, 2.75) is 30.6 Å². The Morgan fingerprint density at radius 1 is 1.31 bits per heavy atom. The molecule has 0 amide bonds. The highest BCUT2D eigenvalue weighted by Gasteiger charge is 2.42. The molecular weight excluding hydrogens is 190 g/mol. The zero-order valence-electron chi connectivity index (χ0n) is 7.77. The Balaban J connectivity index is 2.02. The van der Waals surface area contributed by atoms with Gasteiger partial charge in [0.05, 0.1) is 11.4 Å². The van der Waals surface area contributed by atoms with Crippen molar-refractivity contribution in [1.82, 2.24) is 4.31 Å². The van der Waals surface area contributed by atoms with E-state index in [2.05, 4.69) is 0 Å². The van der Waals surface area contributed by atoms with Crippen molar-refractivity contribution >= 4 is 10.0 Å². The number of hydrogen-bond acceptors (Lipinski definition) is 3. The Morgan fingerprint density at radius 2 is 2.00 bits per heavy atom. The third kappa shape index (κ3) is 1.73. The van der Waals surface area contributed by atoms with Crippen LogP contribution in [-0.4, -0.2) is 44.3 Å². The first kappa shape index (κ1) is 9.43. The van der Waals surface area contributed by atoms with Crippen molar-refractivity contribution in [1.29, 1.82) is 0 Å². The maximum absolute atomic E-state index is 11.7. The van der Waals surface area contributed by atoms with E-state index in [4.69, 9.17) is 4.74 Å². The number of ether oxygens (including phenoxy) is 1. The van der Waals surface area contributed by atoms with E-state index >= 15 is 0 Å². The summed E-state index contributed by atoms with van der Waals surface area (Å²) in [5, 5.41) is -0.0805. The molecule has 1 heterocycles. The molecule has 1 aliphatic carbocycles. The lowest BCUT2D eigenvalue weighted by Gasteiger charge is -2.15. The van der Waals surface area contributed by atoms with Crippen molar-refractivity contribution in [3.05, 3.63) is 0 Å². The fourth-order valence-corrected chi connectivity index (χ4v) is 3.59. The third-order valence-electron chi connectivity index (χ3n) is 2.75. The molecule has 4 nitrogen and oxygen atoms in total. The van der Waals surface area contributed by atoms with E-state index in [1.165, 1.54) is 0 Å². The minimum Gasteiger partial charge on any atom is -0.380 e. The fourth-order valence-electron chi connectivity index (χ4n) is 1.70. The Bertz CT molecular complexity index is 284. The first-order chi connectivity index (χ1) is 6.14. The molecule has 0 aromatic heterocycles. The molecular formula is C8H15NO3S. The van der Waals surface area contributed by atoms with Gasteiger partial charge in [0.25, 0.3) is 0 Å². The van der Waals surface area contributed by atoms with Crippen molar-refractivity contribution < 1.29 is 13.2 Å². The van der Waals surface area contributed by atoms with Crippen molar-refractivity contribution in [3.8, 4) is 0 Å². The summed E-state index contributed by atoms with van der Waals surface area (Å²) in [5.74, 6) is 0. The van der Waals surface area contributed by atoms with E-state index in [9.17, 15) is 8.42 Å². The van der Waals surface area contributed by atoms with Gasteiger partial charge in [-0.15, -0.1) is 0 Å². The molecule has 0 N–H and O–H groups in total. The quantitative estimate of drug-likeness (QED) is 0.661. The van der Waals surface area contributed by atoms with E-state index in [0.29, 0.717) is 13.1 Å². The lowest BCUT2D eigenvalue weighted by atomic mass is 10.3. The SMILES string of the molecule is CO[C@H]1CCN(S(=O)(=O)C2CC2)C1. The summed E-state index contributed by atoms with van der Waals surface area (Å²) in [6.45, 7) is 1.19. The second-order valence-corrected chi connectivity index (χ2v) is 5.96. The van der Waals surface area contributed by atoms with E-state index in [0.717, 1.165) is 19.3 Å². The predicted molar refractivity (Wildman–Crippen MR) is 48.9 cm³/mol. The molecule has 5 heteroatoms. The van der Waals surface area contributed by atoms with Crippen LogP contribution in [0.1, 0.15) is 19.3 Å². The minimum atomic E-state index is -2.96. The molecule has 2 rings (SSSR count). The molecule has 1 saturated carbocycles. The normalized spacial score (nSPS) is 31.0. The summed E-state index contributed by atoms with van der Waals surface area (Å²) in [7, 11) is -1.32. The van der Waals surface area contributed by atoms with Gasteiger partial charge in [0.1, 0.15) is 0 Å². The van der Waals surface area contributed by atoms with Crippen LogP contribution in [-0.2, 0) is 14.8 Å². The number of rotatable bonds is 3. The molecule has 1 aliphatic heterocycles. The summed E-state index contributed by atoms with van der Waals surface area (Å²) in [4.78, 5) is 0. The van der Waals surface area contributed by atoms with Gasteiger partial charge >= 0.3 is 0 Å². The molecule has 1 atom stereocenters. The van der Waals surface area contributed by atoms with Crippen LogP contribution in [0.15, 0.2) is 0 Å². The van der Waals surface area contributed by atoms with Gasteiger partial charge in [-0.05, 0) is 19.3 Å². The van der Waals surface area contributed by atoms with Gasteiger partial charge in [0, 0.05) is 20.2 Å². The van der Waals surface area contributed by atoms with Crippen molar-refractivity contribution in [2.75, 3.05) is 20.2 Å². The number of sulfonamides is 1. The fraction of sp³-hybridized carbons (Fsp3) is 1.00. The second-order valence-electron chi connectivity index (χ2n) is 3.75. The topological polar surface area (TPSA) is 46.6 Å². The molecule has 0 bridgehead atoms. The maximum Gasteiger partial charge on any atom is 0.217 e. The molecule has 1 saturated heterocycles. The van der Waals surface area contributed by atoms with Crippen LogP contribution in [0, 0.1) is 0 Å². The highest BCUT2D eigenvalue weighted by molar-refractivity contribution is 7.90. The molecule has 2 fully saturated rings. The smallest absolute Gasteiger partial charge is 0.217 e. The highest BCUT2D eigenvalue weighted by atomic mass is 32.2. The van der Waals surface area contributed by atoms with Crippen molar-refractivity contribution in [2.24, 2.45) is 0 Å². The first-order valence-corrected chi connectivity index (χ1v) is 6.16. The van der Waals surface area contributed by atoms with Crippen LogP contribution in [0.3, 0.4) is 0 Å². The van der Waals surface area contributed by atoms with Gasteiger partial charge < -0.3 is 4.74 Å². The second kappa shape index (κ2) is 3.22. The molecule has 0 aromatic rings. The summed E-state index contributed by atoms with van der Waals surface area (Å²) < 4.78 is 30.2. The molecule has 0 aromatic carbocycles. The lowest BCUT2D eigenvalue weighted by molar-refractivity contribution is 0.115. The van der Waals surface area contributed by atoms with E-state index < -0.39 is 10.0 Å². The first-order valence-electron chi connectivity index (χ1n) is 4.66. The molecule has 13 heavy (non-hydrogen) atoms. The third-order valence-corrected chi connectivity index (χ3v) is 5.11. The highest BCUT2D eigenvalue weighted by Crippen LogP contribution is 2.32. The molecule has 2 aliphatic rings. The van der Waals surface area contributed by atoms with Crippen molar-refractivity contribution in [3.63, 3.8) is 0 Å². The summed E-state index contributed by atoms with van der Waals surface area (Å²) in [5.41, 5.74) is 0. The van der Waals surface area contributed by atoms with Gasteiger partial charge in [-0.1, -0.05) is 0 Å².